The SMILES string of the molecule is CCCCCNc1cc(C)nc2c(-c3ccc(Cl)cc3)c(C)nn12. The van der Waals surface area contributed by atoms with Crippen molar-refractivity contribution in [2.45, 2.75) is 40.0 Å². The highest BCUT2D eigenvalue weighted by molar-refractivity contribution is 6.30. The first kappa shape index (κ1) is 16.8. The number of aryl methyl sites for hydroxylation is 2. The van der Waals surface area contributed by atoms with Gasteiger partial charge in [0.05, 0.1) is 5.69 Å². The lowest BCUT2D eigenvalue weighted by atomic mass is 10.1. The van der Waals surface area contributed by atoms with Crippen LogP contribution >= 0.6 is 11.6 Å². The molecule has 0 aliphatic rings. The Kier molecular flexibility index (Phi) is 5.05. The third kappa shape index (κ3) is 3.39. The third-order valence-electron chi connectivity index (χ3n) is 4.11. The van der Waals surface area contributed by atoms with Crippen LogP contribution in [0.5, 0.6) is 0 Å². The van der Waals surface area contributed by atoms with Crippen LogP contribution in [0.4, 0.5) is 5.82 Å². The molecular formula is C19H23ClN4. The average molecular weight is 343 g/mol. The zero-order chi connectivity index (χ0) is 17.1. The summed E-state index contributed by atoms with van der Waals surface area (Å²) in [6.07, 6.45) is 3.60. The number of anilines is 1. The zero-order valence-electron chi connectivity index (χ0n) is 14.4. The highest BCUT2D eigenvalue weighted by Gasteiger charge is 2.15. The molecule has 2 aromatic heterocycles. The number of halogens is 1. The molecule has 0 saturated heterocycles. The molecule has 0 spiro atoms. The molecule has 4 nitrogen and oxygen atoms in total. The van der Waals surface area contributed by atoms with Crippen LogP contribution in [0.3, 0.4) is 0 Å². The molecule has 0 amide bonds. The molecule has 24 heavy (non-hydrogen) atoms. The molecule has 3 rings (SSSR count). The molecule has 3 aromatic rings. The number of fused-ring (bicyclic) bond motifs is 1. The second-order valence-electron chi connectivity index (χ2n) is 6.12. The van der Waals surface area contributed by atoms with Gasteiger partial charge in [0.2, 0.25) is 0 Å². The lowest BCUT2D eigenvalue weighted by Crippen LogP contribution is -2.08. The molecule has 1 N–H and O–H groups in total. The van der Waals surface area contributed by atoms with Crippen molar-refractivity contribution in [3.05, 3.63) is 46.7 Å². The highest BCUT2D eigenvalue weighted by Crippen LogP contribution is 2.30. The molecule has 0 unspecified atom stereocenters. The summed E-state index contributed by atoms with van der Waals surface area (Å²) in [7, 11) is 0. The predicted molar refractivity (Wildman–Crippen MR) is 101 cm³/mol. The van der Waals surface area contributed by atoms with Gasteiger partial charge in [-0.2, -0.15) is 9.61 Å². The smallest absolute Gasteiger partial charge is 0.165 e. The number of hydrogen-bond donors (Lipinski definition) is 1. The van der Waals surface area contributed by atoms with Crippen molar-refractivity contribution in [2.24, 2.45) is 0 Å². The van der Waals surface area contributed by atoms with Crippen LogP contribution in [0.15, 0.2) is 30.3 Å². The summed E-state index contributed by atoms with van der Waals surface area (Å²) >= 11 is 6.02. The van der Waals surface area contributed by atoms with E-state index in [1.165, 1.54) is 12.8 Å². The fourth-order valence-electron chi connectivity index (χ4n) is 2.92. The van der Waals surface area contributed by atoms with E-state index in [0.717, 1.165) is 52.0 Å². The van der Waals surface area contributed by atoms with Crippen molar-refractivity contribution < 1.29 is 0 Å². The number of nitrogens with one attached hydrogen (secondary N) is 1. The summed E-state index contributed by atoms with van der Waals surface area (Å²) in [6, 6.07) is 9.89. The molecule has 0 bridgehead atoms. The first-order valence-electron chi connectivity index (χ1n) is 8.47. The first-order valence-corrected chi connectivity index (χ1v) is 8.84. The van der Waals surface area contributed by atoms with E-state index in [1.807, 2.05) is 42.6 Å². The van der Waals surface area contributed by atoms with Gasteiger partial charge < -0.3 is 5.32 Å². The third-order valence-corrected chi connectivity index (χ3v) is 4.36. The van der Waals surface area contributed by atoms with Gasteiger partial charge in [-0.05, 0) is 38.0 Å². The number of benzene rings is 1. The van der Waals surface area contributed by atoms with Crippen LogP contribution in [0.1, 0.15) is 37.6 Å². The zero-order valence-corrected chi connectivity index (χ0v) is 15.2. The summed E-state index contributed by atoms with van der Waals surface area (Å²) in [5.74, 6) is 0.997. The first-order chi connectivity index (χ1) is 11.6. The second kappa shape index (κ2) is 7.22. The summed E-state index contributed by atoms with van der Waals surface area (Å²) in [5.41, 5.74) is 4.98. The molecule has 0 aliphatic heterocycles. The normalized spacial score (nSPS) is 11.2. The van der Waals surface area contributed by atoms with E-state index in [4.69, 9.17) is 21.7 Å². The Morgan fingerprint density at radius 3 is 2.58 bits per heavy atom. The fourth-order valence-corrected chi connectivity index (χ4v) is 3.04. The largest absolute Gasteiger partial charge is 0.370 e. The quantitative estimate of drug-likeness (QED) is 0.620. The van der Waals surface area contributed by atoms with E-state index < -0.39 is 0 Å². The molecule has 5 heteroatoms. The monoisotopic (exact) mass is 342 g/mol. The number of unbranched alkanes of at least 4 members (excludes halogenated alkanes) is 2. The van der Waals surface area contributed by atoms with Gasteiger partial charge in [-0.3, -0.25) is 0 Å². The molecule has 0 atom stereocenters. The number of rotatable bonds is 6. The molecule has 0 fully saturated rings. The maximum Gasteiger partial charge on any atom is 0.165 e. The molecule has 0 radical (unpaired) electrons. The lowest BCUT2D eigenvalue weighted by molar-refractivity contribution is 0.738. The maximum atomic E-state index is 6.02. The summed E-state index contributed by atoms with van der Waals surface area (Å²) in [4.78, 5) is 4.73. The van der Waals surface area contributed by atoms with E-state index in [1.54, 1.807) is 0 Å². The molecule has 0 aliphatic carbocycles. The maximum absolute atomic E-state index is 6.02. The van der Waals surface area contributed by atoms with Crippen molar-refractivity contribution in [1.82, 2.24) is 14.6 Å². The van der Waals surface area contributed by atoms with E-state index in [-0.39, 0.29) is 0 Å². The molecule has 2 heterocycles. The van der Waals surface area contributed by atoms with Gasteiger partial charge in [0.25, 0.3) is 0 Å². The molecule has 1 aromatic carbocycles. The van der Waals surface area contributed by atoms with Crippen molar-refractivity contribution in [1.29, 1.82) is 0 Å². The number of aromatic nitrogens is 3. The predicted octanol–water partition coefficient (Wildman–Crippen LogP) is 5.27. The topological polar surface area (TPSA) is 42.2 Å². The van der Waals surface area contributed by atoms with Gasteiger partial charge in [-0.25, -0.2) is 4.98 Å². The minimum Gasteiger partial charge on any atom is -0.370 e. The Morgan fingerprint density at radius 2 is 1.88 bits per heavy atom. The van der Waals surface area contributed by atoms with E-state index >= 15 is 0 Å². The summed E-state index contributed by atoms with van der Waals surface area (Å²) in [6.45, 7) is 7.20. The van der Waals surface area contributed by atoms with Gasteiger partial charge in [0.1, 0.15) is 5.82 Å². The van der Waals surface area contributed by atoms with Crippen LogP contribution in [-0.2, 0) is 0 Å². The van der Waals surface area contributed by atoms with E-state index in [2.05, 4.69) is 18.3 Å². The van der Waals surface area contributed by atoms with Crippen LogP contribution < -0.4 is 5.32 Å². The van der Waals surface area contributed by atoms with Crippen LogP contribution in [-0.4, -0.2) is 21.1 Å². The van der Waals surface area contributed by atoms with Gasteiger partial charge >= 0.3 is 0 Å². The van der Waals surface area contributed by atoms with Crippen LogP contribution in [0.2, 0.25) is 5.02 Å². The molecule has 126 valence electrons. The molecule has 0 saturated carbocycles. The minimum absolute atomic E-state index is 0.732. The van der Waals surface area contributed by atoms with Crippen molar-refractivity contribution in [3.8, 4) is 11.1 Å². The Morgan fingerprint density at radius 1 is 1.12 bits per heavy atom. The standard InChI is InChI=1S/C19H23ClN4/c1-4-5-6-11-21-17-12-13(2)22-19-18(14(3)23-24(17)19)15-7-9-16(20)10-8-15/h7-10,12,21H,4-6,11H2,1-3H3. The Labute approximate surface area is 147 Å². The summed E-state index contributed by atoms with van der Waals surface area (Å²) in [5, 5.41) is 8.95. The highest BCUT2D eigenvalue weighted by atomic mass is 35.5. The summed E-state index contributed by atoms with van der Waals surface area (Å²) < 4.78 is 1.91. The van der Waals surface area contributed by atoms with Crippen LogP contribution in [0, 0.1) is 13.8 Å². The van der Waals surface area contributed by atoms with Crippen molar-refractivity contribution in [3.63, 3.8) is 0 Å². The second-order valence-corrected chi connectivity index (χ2v) is 6.56. The minimum atomic E-state index is 0.732. The fraction of sp³-hybridized carbons (Fsp3) is 0.368. The van der Waals surface area contributed by atoms with Gasteiger partial charge in [0, 0.05) is 28.9 Å². The Bertz CT molecular complexity index is 837. The average Bonchev–Trinajstić information content (AvgIpc) is 2.88. The Hall–Kier alpha value is -2.07. The number of hydrogen-bond acceptors (Lipinski definition) is 3. The van der Waals surface area contributed by atoms with Gasteiger partial charge in [0.15, 0.2) is 5.65 Å². The van der Waals surface area contributed by atoms with Crippen LogP contribution in [0.25, 0.3) is 16.8 Å². The number of nitrogens with zero attached hydrogens (tertiary/aromatic N) is 3. The Balaban J connectivity index is 2.04. The lowest BCUT2D eigenvalue weighted by Gasteiger charge is -2.09. The molecular weight excluding hydrogens is 320 g/mol. The van der Waals surface area contributed by atoms with E-state index in [0.29, 0.717) is 0 Å². The van der Waals surface area contributed by atoms with Gasteiger partial charge in [-0.1, -0.05) is 43.5 Å². The van der Waals surface area contributed by atoms with Gasteiger partial charge in [-0.15, -0.1) is 0 Å². The van der Waals surface area contributed by atoms with E-state index in [9.17, 15) is 0 Å². The van der Waals surface area contributed by atoms with Crippen molar-refractivity contribution in [2.75, 3.05) is 11.9 Å². The van der Waals surface area contributed by atoms with Crippen molar-refractivity contribution >= 4 is 23.1 Å².